The number of amides is 1. The molecule has 130 valence electrons. The van der Waals surface area contributed by atoms with Crippen molar-refractivity contribution in [3.05, 3.63) is 58.9 Å². The lowest BCUT2D eigenvalue weighted by Gasteiger charge is -2.18. The van der Waals surface area contributed by atoms with Crippen molar-refractivity contribution in [3.8, 4) is 0 Å². The zero-order chi connectivity index (χ0) is 17.8. The average molecular weight is 357 g/mol. The number of esters is 1. The molecule has 0 saturated carbocycles. The molecule has 1 atom stereocenters. The first-order valence-electron chi connectivity index (χ1n) is 7.89. The molecule has 0 saturated heterocycles. The average Bonchev–Trinajstić information content (AvgIpc) is 3.16. The highest BCUT2D eigenvalue weighted by Gasteiger charge is 2.19. The Labute approximate surface area is 149 Å². The van der Waals surface area contributed by atoms with Crippen LogP contribution in [0.3, 0.4) is 0 Å². The molecular formula is C18H19N3O3S. The fourth-order valence-corrected chi connectivity index (χ4v) is 3.29. The maximum Gasteiger partial charge on any atom is 0.307 e. The van der Waals surface area contributed by atoms with E-state index < -0.39 is 6.04 Å². The third-order valence-corrected chi connectivity index (χ3v) is 4.67. The van der Waals surface area contributed by atoms with Crippen LogP contribution in [0.4, 0.5) is 0 Å². The van der Waals surface area contributed by atoms with E-state index in [-0.39, 0.29) is 24.7 Å². The molecule has 0 radical (unpaired) electrons. The van der Waals surface area contributed by atoms with E-state index in [0.29, 0.717) is 5.69 Å². The maximum absolute atomic E-state index is 12.4. The molecular weight excluding hydrogens is 338 g/mol. The van der Waals surface area contributed by atoms with Crippen molar-refractivity contribution in [2.24, 2.45) is 0 Å². The van der Waals surface area contributed by atoms with Crippen molar-refractivity contribution >= 4 is 28.2 Å². The number of carbonyl (C=O) groups excluding carboxylic acids is 2. The van der Waals surface area contributed by atoms with Crippen molar-refractivity contribution in [3.63, 3.8) is 0 Å². The highest BCUT2D eigenvalue weighted by atomic mass is 32.1. The third kappa shape index (κ3) is 4.24. The van der Waals surface area contributed by atoms with Gasteiger partial charge in [-0.05, 0) is 12.5 Å². The topological polar surface area (TPSA) is 72.7 Å². The van der Waals surface area contributed by atoms with Crippen LogP contribution in [0, 0.1) is 6.92 Å². The standard InChI is InChI=1S/C18H19N3O3S/c1-12-3-5-13(6-4-12)15(10-17(23)24-2)20-16(22)9-14-11-21-7-8-25-18(21)19-14/h3-8,11,15H,9-10H2,1-2H3,(H,20,22)/t15-/m0/s1. The lowest BCUT2D eigenvalue weighted by Crippen LogP contribution is -2.31. The molecule has 0 spiro atoms. The molecule has 1 amide bonds. The van der Waals surface area contributed by atoms with Gasteiger partial charge in [-0.15, -0.1) is 11.3 Å². The summed E-state index contributed by atoms with van der Waals surface area (Å²) in [6, 6.07) is 7.31. The van der Waals surface area contributed by atoms with Crippen LogP contribution in [0.1, 0.15) is 29.3 Å². The van der Waals surface area contributed by atoms with Crippen LogP contribution < -0.4 is 5.32 Å². The maximum atomic E-state index is 12.4. The van der Waals surface area contributed by atoms with Crippen molar-refractivity contribution in [2.75, 3.05) is 7.11 Å². The minimum atomic E-state index is -0.427. The van der Waals surface area contributed by atoms with Gasteiger partial charge in [0.05, 0.1) is 31.7 Å². The van der Waals surface area contributed by atoms with Gasteiger partial charge in [0.2, 0.25) is 5.91 Å². The summed E-state index contributed by atoms with van der Waals surface area (Å²) in [5.74, 6) is -0.548. The SMILES string of the molecule is COC(=O)C[C@H](NC(=O)Cc1cn2ccsc2n1)c1ccc(C)cc1. The van der Waals surface area contributed by atoms with Crippen LogP contribution in [0.25, 0.3) is 4.96 Å². The number of aryl methyl sites for hydroxylation is 1. The molecule has 1 N–H and O–H groups in total. The van der Waals surface area contributed by atoms with Crippen LogP contribution in [-0.4, -0.2) is 28.4 Å². The van der Waals surface area contributed by atoms with Gasteiger partial charge in [-0.2, -0.15) is 0 Å². The Morgan fingerprint density at radius 1 is 1.32 bits per heavy atom. The lowest BCUT2D eigenvalue weighted by molar-refractivity contribution is -0.141. The van der Waals surface area contributed by atoms with Gasteiger partial charge in [-0.1, -0.05) is 29.8 Å². The molecule has 0 unspecified atom stereocenters. The smallest absolute Gasteiger partial charge is 0.307 e. The number of hydrogen-bond donors (Lipinski definition) is 1. The van der Waals surface area contributed by atoms with Gasteiger partial charge in [-0.25, -0.2) is 4.98 Å². The Bertz CT molecular complexity index is 854. The first-order chi connectivity index (χ1) is 12.0. The number of imidazole rings is 1. The molecule has 2 heterocycles. The zero-order valence-electron chi connectivity index (χ0n) is 14.1. The number of nitrogens with zero attached hydrogens (tertiary/aromatic N) is 2. The first-order valence-corrected chi connectivity index (χ1v) is 8.77. The number of nitrogens with one attached hydrogen (secondary N) is 1. The van der Waals surface area contributed by atoms with Crippen LogP contribution in [0.2, 0.25) is 0 Å². The quantitative estimate of drug-likeness (QED) is 0.689. The predicted octanol–water partition coefficient (Wildman–Crippen LogP) is 2.67. The first kappa shape index (κ1) is 17.2. The monoisotopic (exact) mass is 357 g/mol. The van der Waals surface area contributed by atoms with Crippen molar-refractivity contribution in [1.29, 1.82) is 0 Å². The number of thiazole rings is 1. The number of aromatic nitrogens is 2. The van der Waals surface area contributed by atoms with E-state index >= 15 is 0 Å². The Morgan fingerprint density at radius 2 is 2.08 bits per heavy atom. The van der Waals surface area contributed by atoms with Gasteiger partial charge in [-0.3, -0.25) is 14.0 Å². The molecule has 3 aromatic rings. The summed E-state index contributed by atoms with van der Waals surface area (Å²) >= 11 is 1.52. The van der Waals surface area contributed by atoms with Crippen molar-refractivity contribution < 1.29 is 14.3 Å². The second kappa shape index (κ2) is 7.48. The van der Waals surface area contributed by atoms with Gasteiger partial charge in [0.1, 0.15) is 0 Å². The van der Waals surface area contributed by atoms with Gasteiger partial charge in [0.25, 0.3) is 0 Å². The number of carbonyl (C=O) groups is 2. The summed E-state index contributed by atoms with van der Waals surface area (Å²) in [6.45, 7) is 1.99. The molecule has 3 rings (SSSR count). The summed E-state index contributed by atoms with van der Waals surface area (Å²) in [5.41, 5.74) is 2.69. The summed E-state index contributed by atoms with van der Waals surface area (Å²) in [5, 5.41) is 4.86. The highest BCUT2D eigenvalue weighted by Crippen LogP contribution is 2.19. The fourth-order valence-electron chi connectivity index (χ4n) is 2.57. The number of rotatable bonds is 6. The van der Waals surface area contributed by atoms with Crippen LogP contribution in [0.15, 0.2) is 42.0 Å². The van der Waals surface area contributed by atoms with Crippen LogP contribution >= 0.6 is 11.3 Å². The summed E-state index contributed by atoms with van der Waals surface area (Å²) < 4.78 is 6.64. The summed E-state index contributed by atoms with van der Waals surface area (Å²) in [4.78, 5) is 29.4. The molecule has 0 fully saturated rings. The summed E-state index contributed by atoms with van der Waals surface area (Å²) in [6.07, 6.45) is 3.99. The van der Waals surface area contributed by atoms with Gasteiger partial charge < -0.3 is 10.1 Å². The fraction of sp³-hybridized carbons (Fsp3) is 0.278. The lowest BCUT2D eigenvalue weighted by atomic mass is 10.0. The molecule has 2 aromatic heterocycles. The van der Waals surface area contributed by atoms with Gasteiger partial charge in [0.15, 0.2) is 4.96 Å². The molecule has 1 aromatic carbocycles. The van der Waals surface area contributed by atoms with E-state index in [0.717, 1.165) is 16.1 Å². The van der Waals surface area contributed by atoms with E-state index in [9.17, 15) is 9.59 Å². The highest BCUT2D eigenvalue weighted by molar-refractivity contribution is 7.15. The Balaban J connectivity index is 1.71. The largest absolute Gasteiger partial charge is 0.469 e. The number of hydrogen-bond acceptors (Lipinski definition) is 5. The number of benzene rings is 1. The number of fused-ring (bicyclic) bond motifs is 1. The van der Waals surface area contributed by atoms with E-state index in [1.807, 2.05) is 53.4 Å². The Kier molecular flexibility index (Phi) is 5.14. The van der Waals surface area contributed by atoms with Crippen molar-refractivity contribution in [2.45, 2.75) is 25.8 Å². The number of methoxy groups -OCH3 is 1. The second-order valence-electron chi connectivity index (χ2n) is 5.81. The second-order valence-corrected chi connectivity index (χ2v) is 6.69. The Hall–Kier alpha value is -2.67. The van der Waals surface area contributed by atoms with E-state index in [1.54, 1.807) is 0 Å². The minimum absolute atomic E-state index is 0.0869. The normalized spacial score (nSPS) is 12.1. The van der Waals surface area contributed by atoms with Gasteiger partial charge in [0, 0.05) is 17.8 Å². The predicted molar refractivity (Wildman–Crippen MR) is 95.5 cm³/mol. The molecule has 0 aliphatic rings. The molecule has 25 heavy (non-hydrogen) atoms. The Morgan fingerprint density at radius 3 is 2.76 bits per heavy atom. The van der Waals surface area contributed by atoms with Crippen LogP contribution in [0.5, 0.6) is 0 Å². The molecule has 0 bridgehead atoms. The van der Waals surface area contributed by atoms with Crippen LogP contribution in [-0.2, 0) is 20.7 Å². The molecule has 7 heteroatoms. The number of ether oxygens (including phenoxy) is 1. The van der Waals surface area contributed by atoms with E-state index in [2.05, 4.69) is 10.3 Å². The minimum Gasteiger partial charge on any atom is -0.469 e. The van der Waals surface area contributed by atoms with Gasteiger partial charge >= 0.3 is 5.97 Å². The molecule has 0 aliphatic heterocycles. The van der Waals surface area contributed by atoms with E-state index in [4.69, 9.17) is 4.74 Å². The molecule has 6 nitrogen and oxygen atoms in total. The zero-order valence-corrected chi connectivity index (χ0v) is 14.9. The molecule has 0 aliphatic carbocycles. The van der Waals surface area contributed by atoms with E-state index in [1.165, 1.54) is 18.4 Å². The van der Waals surface area contributed by atoms with Crippen molar-refractivity contribution in [1.82, 2.24) is 14.7 Å². The third-order valence-electron chi connectivity index (χ3n) is 3.90. The summed E-state index contributed by atoms with van der Waals surface area (Å²) in [7, 11) is 1.34.